The van der Waals surface area contributed by atoms with Crippen molar-refractivity contribution in [3.8, 4) is 28.9 Å². The van der Waals surface area contributed by atoms with E-state index in [1.807, 2.05) is 53.1 Å². The van der Waals surface area contributed by atoms with Crippen molar-refractivity contribution in [2.45, 2.75) is 25.7 Å². The topological polar surface area (TPSA) is 88.7 Å². The van der Waals surface area contributed by atoms with Gasteiger partial charge in [-0.3, -0.25) is 4.57 Å². The minimum atomic E-state index is -0.172. The maximum Gasteiger partial charge on any atom is 0.224 e. The third kappa shape index (κ3) is 5.47. The molecule has 2 heterocycles. The van der Waals surface area contributed by atoms with Crippen molar-refractivity contribution >= 4 is 17.1 Å². The van der Waals surface area contributed by atoms with Crippen molar-refractivity contribution in [1.82, 2.24) is 19.5 Å². The van der Waals surface area contributed by atoms with E-state index in [-0.39, 0.29) is 5.83 Å². The molecule has 0 bridgehead atoms. The summed E-state index contributed by atoms with van der Waals surface area (Å²) in [6, 6.07) is 17.1. The van der Waals surface area contributed by atoms with E-state index < -0.39 is 0 Å². The lowest BCUT2D eigenvalue weighted by molar-refractivity contribution is 0.414. The van der Waals surface area contributed by atoms with Gasteiger partial charge in [-0.05, 0) is 61.6 Å². The van der Waals surface area contributed by atoms with Gasteiger partial charge in [0.05, 0.1) is 30.6 Å². The number of nitrogens with zero attached hydrogens (tertiary/aromatic N) is 5. The van der Waals surface area contributed by atoms with Crippen molar-refractivity contribution < 1.29 is 9.13 Å². The number of nitriles is 1. The molecule has 7 nitrogen and oxygen atoms in total. The third-order valence-electron chi connectivity index (χ3n) is 6.28. The number of ether oxygens (including phenoxy) is 1. The fourth-order valence-electron chi connectivity index (χ4n) is 4.38. The Kier molecular flexibility index (Phi) is 7.55. The highest BCUT2D eigenvalue weighted by Gasteiger charge is 2.18. The zero-order valence-electron chi connectivity index (χ0n) is 21.1. The van der Waals surface area contributed by atoms with Crippen molar-refractivity contribution in [2.24, 2.45) is 0 Å². The normalized spacial score (nSPS) is 16.9. The van der Waals surface area contributed by atoms with Gasteiger partial charge in [0.2, 0.25) is 5.95 Å². The number of methoxy groups -OCH3 is 1. The monoisotopic (exact) mass is 506 g/mol. The molecule has 1 N–H and O–H groups in total. The quantitative estimate of drug-likeness (QED) is 0.268. The molecule has 1 aliphatic rings. The molecular weight excluding hydrogens is 479 g/mol. The highest BCUT2D eigenvalue weighted by Crippen LogP contribution is 2.30. The van der Waals surface area contributed by atoms with Gasteiger partial charge < -0.3 is 10.1 Å². The van der Waals surface area contributed by atoms with Crippen LogP contribution in [-0.4, -0.2) is 33.2 Å². The van der Waals surface area contributed by atoms with Gasteiger partial charge in [-0.25, -0.2) is 14.4 Å². The van der Waals surface area contributed by atoms with Crippen LogP contribution in [0.3, 0.4) is 0 Å². The number of aromatic nitrogens is 4. The molecular formula is C30H27FN6O. The maximum absolute atomic E-state index is 14.3. The van der Waals surface area contributed by atoms with Gasteiger partial charge in [0.15, 0.2) is 5.65 Å². The summed E-state index contributed by atoms with van der Waals surface area (Å²) in [5.41, 5.74) is 4.14. The van der Waals surface area contributed by atoms with Crippen LogP contribution < -0.4 is 10.1 Å². The first-order valence-corrected chi connectivity index (χ1v) is 12.5. The fourth-order valence-corrected chi connectivity index (χ4v) is 4.38. The van der Waals surface area contributed by atoms with E-state index in [9.17, 15) is 9.65 Å². The summed E-state index contributed by atoms with van der Waals surface area (Å²) >= 11 is 0. The largest absolute Gasteiger partial charge is 0.497 e. The van der Waals surface area contributed by atoms with Gasteiger partial charge in [-0.2, -0.15) is 10.2 Å². The van der Waals surface area contributed by atoms with Crippen molar-refractivity contribution in [3.05, 3.63) is 96.0 Å². The molecule has 1 aliphatic carbocycles. The lowest BCUT2D eigenvalue weighted by Crippen LogP contribution is -2.07. The molecule has 0 aliphatic heterocycles. The van der Waals surface area contributed by atoms with Crippen molar-refractivity contribution in [1.29, 1.82) is 5.26 Å². The summed E-state index contributed by atoms with van der Waals surface area (Å²) in [5, 5.41) is 12.7. The number of rotatable bonds is 8. The molecule has 2 aromatic carbocycles. The summed E-state index contributed by atoms with van der Waals surface area (Å²) in [7, 11) is 1.62. The molecule has 0 saturated carbocycles. The Bertz CT molecular complexity index is 1590. The zero-order chi connectivity index (χ0) is 26.3. The molecule has 0 unspecified atom stereocenters. The number of allylic oxidation sites excluding steroid dienone is 6. The Balaban J connectivity index is 1.45. The Morgan fingerprint density at radius 1 is 1.13 bits per heavy atom. The molecule has 0 amide bonds. The average Bonchev–Trinajstić information content (AvgIpc) is 3.33. The van der Waals surface area contributed by atoms with Crippen LogP contribution in [0.25, 0.3) is 28.2 Å². The first-order chi connectivity index (χ1) is 18.7. The molecule has 2 aromatic heterocycles. The van der Waals surface area contributed by atoms with E-state index in [4.69, 9.17) is 14.7 Å². The standard InChI is InChI=1S/C30H27FN6O/c1-38-25-14-7-13-24(18-25)37-28(23-11-6-9-21(17-23)19-32)35-27-20-34-30(36-29(27)37)33-16-8-12-22-10-4-2-3-5-15-26(22)31/h3,5-7,9-11,13-15,17-18,20H,2,4,8,12,16H2,1H3,(H,33,34,36)/b5-3+,22-10-,26-15+. The predicted molar refractivity (Wildman–Crippen MR) is 147 cm³/mol. The lowest BCUT2D eigenvalue weighted by Gasteiger charge is -2.11. The highest BCUT2D eigenvalue weighted by molar-refractivity contribution is 5.80. The van der Waals surface area contributed by atoms with Crippen molar-refractivity contribution in [2.75, 3.05) is 19.0 Å². The number of fused-ring (bicyclic) bond motifs is 1. The smallest absolute Gasteiger partial charge is 0.224 e. The molecule has 0 atom stereocenters. The molecule has 190 valence electrons. The van der Waals surface area contributed by atoms with Crippen LogP contribution in [0.5, 0.6) is 5.75 Å². The number of hydrogen-bond acceptors (Lipinski definition) is 6. The SMILES string of the molecule is COc1cccc(-n2c(-c3cccc(C#N)c3)nc3cnc(NCCCC4=C/CC/C=C/C=C\4F)nc32)c1. The van der Waals surface area contributed by atoms with Crippen LogP contribution >= 0.6 is 0 Å². The van der Waals surface area contributed by atoms with Crippen LogP contribution in [0.4, 0.5) is 10.3 Å². The van der Waals surface area contributed by atoms with Crippen LogP contribution in [0.15, 0.2) is 90.4 Å². The molecule has 5 rings (SSSR count). The number of hydrogen-bond donors (Lipinski definition) is 1. The fraction of sp³-hybridized carbons (Fsp3) is 0.200. The van der Waals surface area contributed by atoms with Crippen LogP contribution in [0.1, 0.15) is 31.2 Å². The molecule has 0 radical (unpaired) electrons. The van der Waals surface area contributed by atoms with E-state index >= 15 is 0 Å². The van der Waals surface area contributed by atoms with E-state index in [0.717, 1.165) is 36.1 Å². The number of imidazole rings is 1. The molecule has 4 aromatic rings. The number of halogens is 1. The van der Waals surface area contributed by atoms with Crippen LogP contribution in [0, 0.1) is 11.3 Å². The van der Waals surface area contributed by atoms with Gasteiger partial charge >= 0.3 is 0 Å². The van der Waals surface area contributed by atoms with Gasteiger partial charge in [-0.15, -0.1) is 0 Å². The first kappa shape index (κ1) is 24.9. The summed E-state index contributed by atoms with van der Waals surface area (Å²) in [4.78, 5) is 14.1. The van der Waals surface area contributed by atoms with Gasteiger partial charge in [0.1, 0.15) is 22.9 Å². The molecule has 8 heteroatoms. The van der Waals surface area contributed by atoms with Crippen LogP contribution in [-0.2, 0) is 0 Å². The maximum atomic E-state index is 14.3. The average molecular weight is 507 g/mol. The number of anilines is 1. The lowest BCUT2D eigenvalue weighted by atomic mass is 10.0. The van der Waals surface area contributed by atoms with E-state index in [1.54, 1.807) is 31.5 Å². The predicted octanol–water partition coefficient (Wildman–Crippen LogP) is 6.68. The highest BCUT2D eigenvalue weighted by atomic mass is 19.1. The zero-order valence-corrected chi connectivity index (χ0v) is 21.1. The molecule has 38 heavy (non-hydrogen) atoms. The van der Waals surface area contributed by atoms with Gasteiger partial charge in [0.25, 0.3) is 0 Å². The first-order valence-electron chi connectivity index (χ1n) is 12.5. The Morgan fingerprint density at radius 2 is 2.03 bits per heavy atom. The second kappa shape index (κ2) is 11.5. The second-order valence-corrected chi connectivity index (χ2v) is 8.85. The molecule has 0 fully saturated rings. The summed E-state index contributed by atoms with van der Waals surface area (Å²) in [6.07, 6.45) is 12.1. The summed E-state index contributed by atoms with van der Waals surface area (Å²) in [5.74, 6) is 1.64. The Labute approximate surface area is 220 Å². The molecule has 0 saturated heterocycles. The van der Waals surface area contributed by atoms with E-state index in [0.29, 0.717) is 47.2 Å². The van der Waals surface area contributed by atoms with E-state index in [1.165, 1.54) is 6.08 Å². The van der Waals surface area contributed by atoms with Gasteiger partial charge in [0, 0.05) is 18.2 Å². The van der Waals surface area contributed by atoms with E-state index in [2.05, 4.69) is 16.4 Å². The Hall–Kier alpha value is -4.77. The van der Waals surface area contributed by atoms with Gasteiger partial charge in [-0.1, -0.05) is 36.4 Å². The summed E-state index contributed by atoms with van der Waals surface area (Å²) < 4.78 is 21.7. The minimum Gasteiger partial charge on any atom is -0.497 e. The number of benzene rings is 2. The van der Waals surface area contributed by atoms with Crippen LogP contribution in [0.2, 0.25) is 0 Å². The second-order valence-electron chi connectivity index (χ2n) is 8.85. The number of nitrogens with one attached hydrogen (secondary N) is 1. The third-order valence-corrected chi connectivity index (χ3v) is 6.28. The minimum absolute atomic E-state index is 0.172. The molecule has 0 spiro atoms. The Morgan fingerprint density at radius 3 is 2.89 bits per heavy atom. The van der Waals surface area contributed by atoms with Crippen molar-refractivity contribution in [3.63, 3.8) is 0 Å². The summed E-state index contributed by atoms with van der Waals surface area (Å²) in [6.45, 7) is 0.594.